The van der Waals surface area contributed by atoms with Gasteiger partial charge in [0.15, 0.2) is 0 Å². The van der Waals surface area contributed by atoms with E-state index in [0.717, 1.165) is 5.56 Å². The van der Waals surface area contributed by atoms with Crippen molar-refractivity contribution in [3.05, 3.63) is 34.9 Å². The van der Waals surface area contributed by atoms with Crippen LogP contribution < -0.4 is 0 Å². The van der Waals surface area contributed by atoms with Crippen molar-refractivity contribution in [2.24, 2.45) is 0 Å². The molecule has 1 aromatic rings. The van der Waals surface area contributed by atoms with E-state index in [1.54, 1.807) is 31.2 Å². The molecule has 0 saturated carbocycles. The Morgan fingerprint density at radius 1 is 1.42 bits per heavy atom. The lowest BCUT2D eigenvalue weighted by Crippen LogP contribution is -2.00. The maximum absolute atomic E-state index is 10.6. The first-order valence-corrected chi connectivity index (χ1v) is 4.96. The second-order valence-corrected chi connectivity index (χ2v) is 4.12. The van der Waals surface area contributed by atoms with Crippen molar-refractivity contribution in [1.82, 2.24) is 0 Å². The minimum Gasteiger partial charge on any atom is -0.772 e. The molecule has 0 aliphatic carbocycles. The van der Waals surface area contributed by atoms with Crippen LogP contribution in [-0.2, 0) is 11.1 Å². The van der Waals surface area contributed by atoms with Crippen LogP contribution in [-0.4, -0.2) is 8.76 Å². The molecule has 4 heteroatoms. The minimum atomic E-state index is -2.06. The molecule has 1 aromatic carbocycles. The third-order valence-electron chi connectivity index (χ3n) is 1.63. The number of benzene rings is 1. The van der Waals surface area contributed by atoms with Crippen molar-refractivity contribution in [2.75, 3.05) is 0 Å². The molecule has 0 heterocycles. The predicted octanol–water partition coefficient (Wildman–Crippen LogP) is 2.28. The highest BCUT2D eigenvalue weighted by Gasteiger charge is 2.04. The highest BCUT2D eigenvalue weighted by Crippen LogP contribution is 2.19. The lowest BCUT2D eigenvalue weighted by Gasteiger charge is -2.14. The molecular weight excluding hydrogens is 196 g/mol. The first kappa shape index (κ1) is 9.71. The summed E-state index contributed by atoms with van der Waals surface area (Å²) in [7, 11) is 0. The van der Waals surface area contributed by atoms with E-state index >= 15 is 0 Å². The molecule has 0 saturated heterocycles. The van der Waals surface area contributed by atoms with Crippen LogP contribution in [0.25, 0.3) is 0 Å². The standard InChI is InChI=1S/C8H9ClO2S/c1-6(12(10)11)7-2-4-8(9)5-3-7/h2-6H,1H3,(H,10,11)/p-1. The van der Waals surface area contributed by atoms with Gasteiger partial charge in [-0.05, 0) is 35.7 Å². The van der Waals surface area contributed by atoms with Crippen LogP contribution in [0.1, 0.15) is 17.7 Å². The first-order valence-electron chi connectivity index (χ1n) is 3.45. The van der Waals surface area contributed by atoms with E-state index < -0.39 is 16.3 Å². The molecule has 0 aromatic heterocycles. The molecule has 0 fully saturated rings. The Bertz CT molecular complexity index is 284. The van der Waals surface area contributed by atoms with Crippen molar-refractivity contribution >= 4 is 22.7 Å². The predicted molar refractivity (Wildman–Crippen MR) is 48.8 cm³/mol. The van der Waals surface area contributed by atoms with Crippen LogP contribution in [0.4, 0.5) is 0 Å². The van der Waals surface area contributed by atoms with E-state index in [9.17, 15) is 8.76 Å². The van der Waals surface area contributed by atoms with Gasteiger partial charge in [-0.1, -0.05) is 23.7 Å². The van der Waals surface area contributed by atoms with Gasteiger partial charge in [0.1, 0.15) is 0 Å². The van der Waals surface area contributed by atoms with Crippen molar-refractivity contribution in [2.45, 2.75) is 12.2 Å². The Kier molecular flexibility index (Phi) is 3.26. The highest BCUT2D eigenvalue weighted by molar-refractivity contribution is 7.79. The van der Waals surface area contributed by atoms with Gasteiger partial charge in [0.2, 0.25) is 0 Å². The van der Waals surface area contributed by atoms with Gasteiger partial charge in [-0.25, -0.2) is 0 Å². The zero-order valence-electron chi connectivity index (χ0n) is 6.49. The van der Waals surface area contributed by atoms with Gasteiger partial charge in [0, 0.05) is 10.3 Å². The summed E-state index contributed by atoms with van der Waals surface area (Å²) in [5.74, 6) is 0. The summed E-state index contributed by atoms with van der Waals surface area (Å²) >= 11 is 3.58. The second kappa shape index (κ2) is 4.03. The molecule has 1 rings (SSSR count). The van der Waals surface area contributed by atoms with E-state index in [-0.39, 0.29) is 0 Å². The molecule has 12 heavy (non-hydrogen) atoms. The van der Waals surface area contributed by atoms with E-state index in [1.165, 1.54) is 0 Å². The van der Waals surface area contributed by atoms with Crippen LogP contribution in [0.2, 0.25) is 5.02 Å². The van der Waals surface area contributed by atoms with Crippen molar-refractivity contribution in [3.63, 3.8) is 0 Å². The van der Waals surface area contributed by atoms with Crippen molar-refractivity contribution < 1.29 is 8.76 Å². The molecular formula is C8H8ClO2S-. The average Bonchev–Trinajstić information content (AvgIpc) is 2.04. The van der Waals surface area contributed by atoms with Gasteiger partial charge in [-0.2, -0.15) is 0 Å². The molecule has 0 aliphatic rings. The van der Waals surface area contributed by atoms with Gasteiger partial charge in [-0.3, -0.25) is 4.21 Å². The van der Waals surface area contributed by atoms with Crippen LogP contribution in [0.3, 0.4) is 0 Å². The molecule has 66 valence electrons. The Labute approximate surface area is 78.8 Å². The molecule has 0 aliphatic heterocycles. The van der Waals surface area contributed by atoms with Gasteiger partial charge < -0.3 is 4.55 Å². The van der Waals surface area contributed by atoms with Crippen LogP contribution in [0.5, 0.6) is 0 Å². The molecule has 0 N–H and O–H groups in total. The topological polar surface area (TPSA) is 40.1 Å². The van der Waals surface area contributed by atoms with Crippen LogP contribution in [0.15, 0.2) is 24.3 Å². The fourth-order valence-corrected chi connectivity index (χ4v) is 1.35. The third kappa shape index (κ3) is 2.30. The summed E-state index contributed by atoms with van der Waals surface area (Å²) in [5, 5.41) is 0.143. The molecule has 0 bridgehead atoms. The van der Waals surface area contributed by atoms with E-state index in [4.69, 9.17) is 11.6 Å². The zero-order valence-corrected chi connectivity index (χ0v) is 8.06. The van der Waals surface area contributed by atoms with E-state index in [1.807, 2.05) is 0 Å². The first-order chi connectivity index (χ1) is 5.61. The maximum atomic E-state index is 10.6. The van der Waals surface area contributed by atoms with Gasteiger partial charge in [0.25, 0.3) is 0 Å². The summed E-state index contributed by atoms with van der Waals surface area (Å²) < 4.78 is 21.1. The quantitative estimate of drug-likeness (QED) is 0.692. The highest BCUT2D eigenvalue weighted by atomic mass is 35.5. The Morgan fingerprint density at radius 2 is 1.92 bits per heavy atom. The molecule has 0 radical (unpaired) electrons. The third-order valence-corrected chi connectivity index (χ3v) is 2.73. The van der Waals surface area contributed by atoms with Crippen molar-refractivity contribution in [3.8, 4) is 0 Å². The monoisotopic (exact) mass is 203 g/mol. The molecule has 2 atom stereocenters. The normalized spacial score (nSPS) is 15.6. The summed E-state index contributed by atoms with van der Waals surface area (Å²) in [6.45, 7) is 1.63. The van der Waals surface area contributed by atoms with Gasteiger partial charge in [-0.15, -0.1) is 0 Å². The number of hydrogen-bond donors (Lipinski definition) is 0. The fourth-order valence-electron chi connectivity index (χ4n) is 0.845. The van der Waals surface area contributed by atoms with E-state index in [0.29, 0.717) is 5.02 Å². The summed E-state index contributed by atoms with van der Waals surface area (Å²) in [4.78, 5) is 0. The SMILES string of the molecule is CC(c1ccc(Cl)cc1)S(=O)[O-]. The molecule has 2 nitrogen and oxygen atoms in total. The van der Waals surface area contributed by atoms with Crippen molar-refractivity contribution in [1.29, 1.82) is 0 Å². The fraction of sp³-hybridized carbons (Fsp3) is 0.250. The maximum Gasteiger partial charge on any atom is 0.0436 e. The molecule has 0 amide bonds. The Balaban J connectivity index is 2.89. The Morgan fingerprint density at radius 3 is 2.33 bits per heavy atom. The number of halogens is 1. The molecule has 2 unspecified atom stereocenters. The number of rotatable bonds is 2. The van der Waals surface area contributed by atoms with E-state index in [2.05, 4.69) is 0 Å². The average molecular weight is 204 g/mol. The minimum absolute atomic E-state index is 0.470. The largest absolute Gasteiger partial charge is 0.772 e. The summed E-state index contributed by atoms with van der Waals surface area (Å²) in [6.07, 6.45) is 0. The van der Waals surface area contributed by atoms with Crippen LogP contribution >= 0.6 is 11.6 Å². The second-order valence-electron chi connectivity index (χ2n) is 2.45. The lowest BCUT2D eigenvalue weighted by atomic mass is 10.2. The summed E-state index contributed by atoms with van der Waals surface area (Å²) in [5.41, 5.74) is 0.757. The summed E-state index contributed by atoms with van der Waals surface area (Å²) in [6, 6.07) is 6.78. The van der Waals surface area contributed by atoms with Crippen LogP contribution in [0, 0.1) is 0 Å². The van der Waals surface area contributed by atoms with Gasteiger partial charge >= 0.3 is 0 Å². The zero-order chi connectivity index (χ0) is 9.14. The molecule has 0 spiro atoms. The van der Waals surface area contributed by atoms with Gasteiger partial charge in [0.05, 0.1) is 0 Å². The Hall–Kier alpha value is -0.380. The smallest absolute Gasteiger partial charge is 0.0436 e. The number of hydrogen-bond acceptors (Lipinski definition) is 2. The lowest BCUT2D eigenvalue weighted by molar-refractivity contribution is 0.527.